The van der Waals surface area contributed by atoms with Crippen LogP contribution in [0.4, 0.5) is 0 Å². The topological polar surface area (TPSA) is 26.3 Å². The van der Waals surface area contributed by atoms with Gasteiger partial charge in [0.1, 0.15) is 5.75 Å². The number of benzene rings is 1. The van der Waals surface area contributed by atoms with Crippen molar-refractivity contribution in [2.75, 3.05) is 0 Å². The second-order valence-corrected chi connectivity index (χ2v) is 5.64. The second-order valence-electron chi connectivity index (χ2n) is 5.64. The van der Waals surface area contributed by atoms with Gasteiger partial charge in [-0.1, -0.05) is 19.1 Å². The number of Topliss-reactive ketones (excluding diaryl/α,β-unsaturated/α-hetero) is 1. The van der Waals surface area contributed by atoms with E-state index >= 15 is 0 Å². The van der Waals surface area contributed by atoms with Gasteiger partial charge in [-0.15, -0.1) is 0 Å². The van der Waals surface area contributed by atoms with Crippen LogP contribution in [-0.2, 0) is 0 Å². The van der Waals surface area contributed by atoms with Gasteiger partial charge in [0.25, 0.3) is 0 Å². The molecule has 0 aliphatic heterocycles. The highest BCUT2D eigenvalue weighted by Gasteiger charge is 2.29. The van der Waals surface area contributed by atoms with Gasteiger partial charge in [0.05, 0.1) is 11.7 Å². The lowest BCUT2D eigenvalue weighted by Gasteiger charge is -2.15. The molecule has 1 aliphatic carbocycles. The molecular formula is C16H22O2. The first kappa shape index (κ1) is 13.1. The van der Waals surface area contributed by atoms with Crippen LogP contribution in [0.15, 0.2) is 24.3 Å². The van der Waals surface area contributed by atoms with E-state index in [1.165, 1.54) is 6.42 Å². The molecule has 1 aromatic rings. The van der Waals surface area contributed by atoms with Gasteiger partial charge in [-0.05, 0) is 51.2 Å². The monoisotopic (exact) mass is 246 g/mol. The number of para-hydroxylation sites is 1. The largest absolute Gasteiger partial charge is 0.490 e. The van der Waals surface area contributed by atoms with Crippen LogP contribution in [0.2, 0.25) is 0 Å². The van der Waals surface area contributed by atoms with Crippen LogP contribution >= 0.6 is 0 Å². The third kappa shape index (κ3) is 2.92. The number of carbonyl (C=O) groups is 1. The van der Waals surface area contributed by atoms with Crippen LogP contribution in [0.3, 0.4) is 0 Å². The Morgan fingerprint density at radius 1 is 1.28 bits per heavy atom. The molecular weight excluding hydrogens is 224 g/mol. The molecule has 1 aliphatic rings. The Labute approximate surface area is 109 Å². The Hall–Kier alpha value is -1.31. The summed E-state index contributed by atoms with van der Waals surface area (Å²) in [6.07, 6.45) is 3.32. The molecule has 2 nitrogen and oxygen atoms in total. The summed E-state index contributed by atoms with van der Waals surface area (Å²) in [4.78, 5) is 12.5. The molecule has 0 heterocycles. The number of ether oxygens (including phenoxy) is 1. The van der Waals surface area contributed by atoms with Crippen LogP contribution in [0.5, 0.6) is 5.75 Å². The molecule has 0 bridgehead atoms. The van der Waals surface area contributed by atoms with E-state index in [1.807, 2.05) is 38.1 Å². The van der Waals surface area contributed by atoms with Gasteiger partial charge >= 0.3 is 0 Å². The second kappa shape index (κ2) is 5.55. The summed E-state index contributed by atoms with van der Waals surface area (Å²) >= 11 is 0. The van der Waals surface area contributed by atoms with Gasteiger partial charge in [-0.3, -0.25) is 4.79 Å². The van der Waals surface area contributed by atoms with Crippen LogP contribution in [-0.4, -0.2) is 11.9 Å². The molecule has 98 valence electrons. The lowest BCUT2D eigenvalue weighted by Crippen LogP contribution is -2.15. The van der Waals surface area contributed by atoms with Gasteiger partial charge < -0.3 is 4.74 Å². The molecule has 0 aromatic heterocycles. The molecule has 0 N–H and O–H groups in total. The maximum absolute atomic E-state index is 12.5. The molecule has 0 amide bonds. The average molecular weight is 246 g/mol. The maximum atomic E-state index is 12.5. The van der Waals surface area contributed by atoms with Crippen LogP contribution < -0.4 is 4.74 Å². The van der Waals surface area contributed by atoms with E-state index in [0.29, 0.717) is 5.92 Å². The van der Waals surface area contributed by atoms with Gasteiger partial charge in [-0.25, -0.2) is 0 Å². The fourth-order valence-corrected chi connectivity index (χ4v) is 2.69. The zero-order chi connectivity index (χ0) is 13.1. The van der Waals surface area contributed by atoms with Crippen molar-refractivity contribution in [3.05, 3.63) is 29.8 Å². The summed E-state index contributed by atoms with van der Waals surface area (Å²) in [5.41, 5.74) is 0.755. The summed E-state index contributed by atoms with van der Waals surface area (Å²) in [7, 11) is 0. The molecule has 18 heavy (non-hydrogen) atoms. The maximum Gasteiger partial charge on any atom is 0.169 e. The summed E-state index contributed by atoms with van der Waals surface area (Å²) in [6.45, 7) is 6.20. The molecule has 2 atom stereocenters. The molecule has 2 rings (SSSR count). The minimum absolute atomic E-state index is 0.0986. The molecule has 1 fully saturated rings. The highest BCUT2D eigenvalue weighted by Crippen LogP contribution is 2.34. The van der Waals surface area contributed by atoms with Crippen molar-refractivity contribution in [3.8, 4) is 5.75 Å². The SMILES string of the molecule is CC1CCC(C(=O)c2ccccc2OC(C)C)C1. The predicted molar refractivity (Wildman–Crippen MR) is 73.0 cm³/mol. The molecule has 1 aromatic carbocycles. The van der Waals surface area contributed by atoms with Gasteiger partial charge in [0.15, 0.2) is 5.78 Å². The quantitative estimate of drug-likeness (QED) is 0.748. The smallest absolute Gasteiger partial charge is 0.169 e. The minimum Gasteiger partial charge on any atom is -0.490 e. The average Bonchev–Trinajstić information content (AvgIpc) is 2.75. The Bertz CT molecular complexity index is 423. The summed E-state index contributed by atoms with van der Waals surface area (Å²) < 4.78 is 5.73. The highest BCUT2D eigenvalue weighted by atomic mass is 16.5. The zero-order valence-corrected chi connectivity index (χ0v) is 11.5. The van der Waals surface area contributed by atoms with Crippen molar-refractivity contribution < 1.29 is 9.53 Å². The zero-order valence-electron chi connectivity index (χ0n) is 11.5. The van der Waals surface area contributed by atoms with E-state index in [9.17, 15) is 4.79 Å². The predicted octanol–water partition coefficient (Wildman–Crippen LogP) is 4.09. The van der Waals surface area contributed by atoms with E-state index in [1.54, 1.807) is 0 Å². The third-order valence-electron chi connectivity index (χ3n) is 3.58. The normalized spacial score (nSPS) is 23.3. The van der Waals surface area contributed by atoms with E-state index < -0.39 is 0 Å². The number of ketones is 1. The van der Waals surface area contributed by atoms with Crippen LogP contribution in [0, 0.1) is 11.8 Å². The summed E-state index contributed by atoms with van der Waals surface area (Å²) in [6, 6.07) is 7.62. The molecule has 2 heteroatoms. The van der Waals surface area contributed by atoms with E-state index in [-0.39, 0.29) is 17.8 Å². The van der Waals surface area contributed by atoms with Crippen molar-refractivity contribution >= 4 is 5.78 Å². The Morgan fingerprint density at radius 3 is 2.61 bits per heavy atom. The van der Waals surface area contributed by atoms with Gasteiger partial charge in [-0.2, -0.15) is 0 Å². The van der Waals surface area contributed by atoms with Crippen molar-refractivity contribution in [2.24, 2.45) is 11.8 Å². The van der Waals surface area contributed by atoms with E-state index in [0.717, 1.165) is 24.2 Å². The van der Waals surface area contributed by atoms with Gasteiger partial charge in [0.2, 0.25) is 0 Å². The molecule has 0 radical (unpaired) electrons. The standard InChI is InChI=1S/C16H22O2/c1-11(2)18-15-7-5-4-6-14(15)16(17)13-9-8-12(3)10-13/h4-7,11-13H,8-10H2,1-3H3. The Balaban J connectivity index is 2.19. The molecule has 1 saturated carbocycles. The van der Waals surface area contributed by atoms with Crippen molar-refractivity contribution in [2.45, 2.75) is 46.1 Å². The lowest BCUT2D eigenvalue weighted by atomic mass is 9.95. The number of rotatable bonds is 4. The van der Waals surface area contributed by atoms with Crippen molar-refractivity contribution in [3.63, 3.8) is 0 Å². The first-order chi connectivity index (χ1) is 8.58. The molecule has 0 spiro atoms. The van der Waals surface area contributed by atoms with Crippen LogP contribution in [0.1, 0.15) is 50.4 Å². The van der Waals surface area contributed by atoms with Crippen LogP contribution in [0.25, 0.3) is 0 Å². The Kier molecular flexibility index (Phi) is 4.05. The number of hydrogen-bond acceptors (Lipinski definition) is 2. The first-order valence-corrected chi connectivity index (χ1v) is 6.88. The number of hydrogen-bond donors (Lipinski definition) is 0. The third-order valence-corrected chi connectivity index (χ3v) is 3.58. The Morgan fingerprint density at radius 2 is 2.00 bits per heavy atom. The fraction of sp³-hybridized carbons (Fsp3) is 0.562. The fourth-order valence-electron chi connectivity index (χ4n) is 2.69. The van der Waals surface area contributed by atoms with Crippen molar-refractivity contribution in [1.29, 1.82) is 0 Å². The summed E-state index contributed by atoms with van der Waals surface area (Å²) in [5.74, 6) is 1.86. The van der Waals surface area contributed by atoms with E-state index in [2.05, 4.69) is 6.92 Å². The summed E-state index contributed by atoms with van der Waals surface area (Å²) in [5, 5.41) is 0. The molecule has 0 saturated heterocycles. The van der Waals surface area contributed by atoms with Crippen molar-refractivity contribution in [1.82, 2.24) is 0 Å². The first-order valence-electron chi connectivity index (χ1n) is 6.88. The highest BCUT2D eigenvalue weighted by molar-refractivity contribution is 6.00. The molecule has 2 unspecified atom stereocenters. The van der Waals surface area contributed by atoms with Gasteiger partial charge in [0, 0.05) is 5.92 Å². The number of carbonyl (C=O) groups excluding carboxylic acids is 1. The van der Waals surface area contributed by atoms with E-state index in [4.69, 9.17) is 4.74 Å². The lowest BCUT2D eigenvalue weighted by molar-refractivity contribution is 0.0914. The minimum atomic E-state index is 0.0986.